The van der Waals surface area contributed by atoms with Crippen LogP contribution < -0.4 is 5.32 Å². The highest BCUT2D eigenvalue weighted by molar-refractivity contribution is 7.16. The van der Waals surface area contributed by atoms with E-state index >= 15 is 0 Å². The van der Waals surface area contributed by atoms with E-state index in [9.17, 15) is 9.59 Å². The molecule has 138 valence electrons. The lowest BCUT2D eigenvalue weighted by Gasteiger charge is -2.27. The van der Waals surface area contributed by atoms with Gasteiger partial charge in [-0.3, -0.25) is 9.59 Å². The van der Waals surface area contributed by atoms with Gasteiger partial charge < -0.3 is 15.0 Å². The van der Waals surface area contributed by atoms with E-state index in [2.05, 4.69) is 19.2 Å². The first-order valence-electron chi connectivity index (χ1n) is 8.36. The van der Waals surface area contributed by atoms with Gasteiger partial charge in [-0.05, 0) is 25.3 Å². The zero-order valence-corrected chi connectivity index (χ0v) is 16.9. The standard InChI is InChI=1S/C17H22Cl2N2O3S/c1-10(2)12-8-11(14(22)21-4-6-24-7-5-21)13(25-12)20-15(23)16(3)9-17(16,18)19/h8,10H,4-7,9H2,1-3H3,(H,20,23). The van der Waals surface area contributed by atoms with Crippen molar-refractivity contribution in [1.82, 2.24) is 4.90 Å². The van der Waals surface area contributed by atoms with Gasteiger partial charge in [0.15, 0.2) is 0 Å². The number of hydrogen-bond donors (Lipinski definition) is 1. The Morgan fingerprint density at radius 1 is 1.32 bits per heavy atom. The van der Waals surface area contributed by atoms with Gasteiger partial charge in [0.2, 0.25) is 5.91 Å². The van der Waals surface area contributed by atoms with E-state index in [1.165, 1.54) is 11.3 Å². The molecular weight excluding hydrogens is 383 g/mol. The number of anilines is 1. The van der Waals surface area contributed by atoms with Crippen LogP contribution >= 0.6 is 34.5 Å². The number of rotatable bonds is 4. The lowest BCUT2D eigenvalue weighted by molar-refractivity contribution is -0.120. The Bertz CT molecular complexity index is 698. The number of carbonyl (C=O) groups excluding carboxylic acids is 2. The largest absolute Gasteiger partial charge is 0.378 e. The average Bonchev–Trinajstić information content (AvgIpc) is 2.92. The molecule has 0 radical (unpaired) electrons. The monoisotopic (exact) mass is 404 g/mol. The summed E-state index contributed by atoms with van der Waals surface area (Å²) in [6, 6.07) is 1.88. The quantitative estimate of drug-likeness (QED) is 0.774. The molecule has 25 heavy (non-hydrogen) atoms. The second-order valence-corrected chi connectivity index (χ2v) is 9.69. The molecule has 0 spiro atoms. The summed E-state index contributed by atoms with van der Waals surface area (Å²) in [5.74, 6) is -0.0556. The number of carbonyl (C=O) groups is 2. The van der Waals surface area contributed by atoms with Crippen molar-refractivity contribution in [2.75, 3.05) is 31.6 Å². The van der Waals surface area contributed by atoms with Crippen molar-refractivity contribution in [2.45, 2.75) is 37.4 Å². The summed E-state index contributed by atoms with van der Waals surface area (Å²) < 4.78 is 4.27. The minimum atomic E-state index is -1.04. The molecule has 1 atom stereocenters. The first-order chi connectivity index (χ1) is 11.7. The number of morpholine rings is 1. The van der Waals surface area contributed by atoms with E-state index in [1.807, 2.05) is 6.07 Å². The van der Waals surface area contributed by atoms with E-state index in [0.29, 0.717) is 43.3 Å². The Hall–Kier alpha value is -0.820. The highest BCUT2D eigenvalue weighted by Gasteiger charge is 2.68. The topological polar surface area (TPSA) is 58.6 Å². The van der Waals surface area contributed by atoms with E-state index in [1.54, 1.807) is 11.8 Å². The minimum Gasteiger partial charge on any atom is -0.378 e. The molecule has 2 aliphatic rings. The van der Waals surface area contributed by atoms with Gasteiger partial charge in [-0.2, -0.15) is 0 Å². The van der Waals surface area contributed by atoms with Gasteiger partial charge >= 0.3 is 0 Å². The van der Waals surface area contributed by atoms with Crippen molar-refractivity contribution in [3.63, 3.8) is 0 Å². The van der Waals surface area contributed by atoms with E-state index in [0.717, 1.165) is 4.88 Å². The first kappa shape index (κ1) is 19.0. The second-order valence-electron chi connectivity index (χ2n) is 7.12. The van der Waals surface area contributed by atoms with Crippen molar-refractivity contribution in [3.05, 3.63) is 16.5 Å². The van der Waals surface area contributed by atoms with Crippen LogP contribution in [0.1, 0.15) is 48.3 Å². The van der Waals surface area contributed by atoms with Crippen LogP contribution in [-0.2, 0) is 9.53 Å². The molecule has 2 fully saturated rings. The third kappa shape index (κ3) is 3.54. The van der Waals surface area contributed by atoms with Crippen LogP contribution in [0.15, 0.2) is 6.07 Å². The fourth-order valence-electron chi connectivity index (χ4n) is 2.77. The molecule has 2 heterocycles. The summed E-state index contributed by atoms with van der Waals surface area (Å²) in [5, 5.41) is 3.47. The Labute approximate surface area is 161 Å². The molecule has 8 heteroatoms. The maximum absolute atomic E-state index is 12.9. The number of thiophene rings is 1. The average molecular weight is 405 g/mol. The Morgan fingerprint density at radius 3 is 2.44 bits per heavy atom. The molecule has 1 aliphatic heterocycles. The molecule has 1 aromatic rings. The highest BCUT2D eigenvalue weighted by atomic mass is 35.5. The molecule has 0 bridgehead atoms. The van der Waals surface area contributed by atoms with Crippen LogP contribution in [0, 0.1) is 5.41 Å². The first-order valence-corrected chi connectivity index (χ1v) is 9.93. The fraction of sp³-hybridized carbons (Fsp3) is 0.647. The second kappa shape index (κ2) is 6.72. The van der Waals surface area contributed by atoms with E-state index in [-0.39, 0.29) is 17.7 Å². The van der Waals surface area contributed by atoms with Crippen LogP contribution in [0.2, 0.25) is 0 Å². The summed E-state index contributed by atoms with van der Waals surface area (Å²) in [6.07, 6.45) is 0.407. The molecule has 3 rings (SSSR count). The molecule has 1 saturated heterocycles. The molecule has 5 nitrogen and oxygen atoms in total. The van der Waals surface area contributed by atoms with Crippen molar-refractivity contribution in [1.29, 1.82) is 0 Å². The predicted molar refractivity (Wildman–Crippen MR) is 101 cm³/mol. The van der Waals surface area contributed by atoms with Crippen LogP contribution in [-0.4, -0.2) is 47.4 Å². The van der Waals surface area contributed by atoms with Crippen molar-refractivity contribution < 1.29 is 14.3 Å². The number of nitrogens with zero attached hydrogens (tertiary/aromatic N) is 1. The molecule has 1 saturated carbocycles. The summed E-state index contributed by atoms with van der Waals surface area (Å²) in [5.41, 5.74) is -0.292. The van der Waals surface area contributed by atoms with Gasteiger partial charge in [0.1, 0.15) is 9.33 Å². The zero-order valence-electron chi connectivity index (χ0n) is 14.5. The zero-order chi connectivity index (χ0) is 18.4. The molecule has 1 aromatic heterocycles. The molecular formula is C17H22Cl2N2O3S. The van der Waals surface area contributed by atoms with Gasteiger partial charge in [-0.15, -0.1) is 34.5 Å². The van der Waals surface area contributed by atoms with Gasteiger partial charge in [-0.25, -0.2) is 0 Å². The van der Waals surface area contributed by atoms with Crippen LogP contribution in [0.4, 0.5) is 5.00 Å². The van der Waals surface area contributed by atoms with E-state index in [4.69, 9.17) is 27.9 Å². The maximum Gasteiger partial charge on any atom is 0.257 e. The van der Waals surface area contributed by atoms with Gasteiger partial charge in [-0.1, -0.05) is 13.8 Å². The molecule has 1 aliphatic carbocycles. The summed E-state index contributed by atoms with van der Waals surface area (Å²) in [7, 11) is 0. The molecule has 0 aromatic carbocycles. The van der Waals surface area contributed by atoms with Gasteiger partial charge in [0.25, 0.3) is 5.91 Å². The number of halogens is 2. The van der Waals surface area contributed by atoms with E-state index < -0.39 is 9.75 Å². The van der Waals surface area contributed by atoms with Crippen LogP contribution in [0.25, 0.3) is 0 Å². The summed E-state index contributed by atoms with van der Waals surface area (Å²) >= 11 is 13.7. The number of amides is 2. The number of ether oxygens (including phenoxy) is 1. The van der Waals surface area contributed by atoms with Crippen molar-refractivity contribution >= 4 is 51.4 Å². The van der Waals surface area contributed by atoms with Gasteiger partial charge in [0, 0.05) is 18.0 Å². The van der Waals surface area contributed by atoms with Gasteiger partial charge in [0.05, 0.1) is 24.2 Å². The minimum absolute atomic E-state index is 0.0780. The van der Waals surface area contributed by atoms with Crippen LogP contribution in [0.5, 0.6) is 0 Å². The number of nitrogens with one attached hydrogen (secondary N) is 1. The molecule has 1 N–H and O–H groups in total. The SMILES string of the molecule is CC(C)c1cc(C(=O)N2CCOCC2)c(NC(=O)C2(C)CC2(Cl)Cl)s1. The predicted octanol–water partition coefficient (Wildman–Crippen LogP) is 3.87. The number of alkyl halides is 2. The molecule has 1 unspecified atom stereocenters. The third-order valence-corrected chi connectivity index (χ3v) is 7.29. The Balaban J connectivity index is 1.85. The fourth-order valence-corrected chi connectivity index (χ4v) is 4.52. The third-order valence-electron chi connectivity index (χ3n) is 4.83. The smallest absolute Gasteiger partial charge is 0.257 e. The van der Waals surface area contributed by atoms with Crippen LogP contribution in [0.3, 0.4) is 0 Å². The van der Waals surface area contributed by atoms with Crippen molar-refractivity contribution in [3.8, 4) is 0 Å². The number of hydrogen-bond acceptors (Lipinski definition) is 4. The summed E-state index contributed by atoms with van der Waals surface area (Å²) in [4.78, 5) is 28.3. The highest BCUT2D eigenvalue weighted by Crippen LogP contribution is 2.64. The summed E-state index contributed by atoms with van der Waals surface area (Å²) in [6.45, 7) is 8.05. The maximum atomic E-state index is 12.9. The lowest BCUT2D eigenvalue weighted by Crippen LogP contribution is -2.40. The Morgan fingerprint density at radius 2 is 1.92 bits per heavy atom. The lowest BCUT2D eigenvalue weighted by atomic mass is 10.1. The Kier molecular flexibility index (Phi) is 5.10. The normalized spacial score (nSPS) is 25.1. The van der Waals surface area contributed by atoms with Crippen molar-refractivity contribution in [2.24, 2.45) is 5.41 Å². The molecule has 2 amide bonds.